The first-order valence-electron chi connectivity index (χ1n) is 11.6. The van der Waals surface area contributed by atoms with Gasteiger partial charge in [-0.1, -0.05) is 43.2 Å². The standard InChI is InChI=1S/C25H30FN5O3S/c1-33-20-12-13-21(22(14-20)34-2)24-28-29-25(31(24)27)35-16-23(32)30(19-6-4-3-5-7-19)15-17-8-10-18(26)11-9-17/h8-14,19H,3-7,15-16,27H2,1-2H3. The van der Waals surface area contributed by atoms with Gasteiger partial charge in [-0.3, -0.25) is 4.79 Å². The fraction of sp³-hybridized carbons (Fsp3) is 0.400. The monoisotopic (exact) mass is 499 g/mol. The van der Waals surface area contributed by atoms with Gasteiger partial charge in [0.05, 0.1) is 25.5 Å². The molecule has 1 saturated carbocycles. The van der Waals surface area contributed by atoms with E-state index in [2.05, 4.69) is 10.2 Å². The average molecular weight is 500 g/mol. The van der Waals surface area contributed by atoms with E-state index in [1.807, 2.05) is 4.90 Å². The van der Waals surface area contributed by atoms with E-state index in [0.717, 1.165) is 31.2 Å². The zero-order valence-electron chi connectivity index (χ0n) is 19.9. The van der Waals surface area contributed by atoms with Crippen LogP contribution in [-0.4, -0.2) is 51.7 Å². The normalized spacial score (nSPS) is 14.0. The van der Waals surface area contributed by atoms with Crippen molar-refractivity contribution in [1.29, 1.82) is 0 Å². The third kappa shape index (κ3) is 5.87. The minimum atomic E-state index is -0.286. The lowest BCUT2D eigenvalue weighted by Gasteiger charge is -2.34. The van der Waals surface area contributed by atoms with Crippen LogP contribution in [-0.2, 0) is 11.3 Å². The number of methoxy groups -OCH3 is 2. The van der Waals surface area contributed by atoms with Crippen LogP contribution in [0.4, 0.5) is 4.39 Å². The Morgan fingerprint density at radius 3 is 2.54 bits per heavy atom. The van der Waals surface area contributed by atoms with Gasteiger partial charge in [0.15, 0.2) is 5.82 Å². The number of hydrogen-bond acceptors (Lipinski definition) is 7. The van der Waals surface area contributed by atoms with Crippen molar-refractivity contribution in [3.05, 3.63) is 53.8 Å². The maximum atomic E-state index is 13.4. The third-order valence-electron chi connectivity index (χ3n) is 6.24. The number of nitrogen functional groups attached to an aromatic ring is 1. The number of carbonyl (C=O) groups is 1. The lowest BCUT2D eigenvalue weighted by Crippen LogP contribution is -2.42. The van der Waals surface area contributed by atoms with Gasteiger partial charge in [0.2, 0.25) is 11.1 Å². The lowest BCUT2D eigenvalue weighted by atomic mass is 9.94. The van der Waals surface area contributed by atoms with Gasteiger partial charge in [0.25, 0.3) is 0 Å². The van der Waals surface area contributed by atoms with E-state index in [9.17, 15) is 9.18 Å². The van der Waals surface area contributed by atoms with Gasteiger partial charge in [-0.15, -0.1) is 10.2 Å². The van der Waals surface area contributed by atoms with E-state index >= 15 is 0 Å². The number of benzene rings is 2. The molecule has 8 nitrogen and oxygen atoms in total. The third-order valence-corrected chi connectivity index (χ3v) is 7.17. The number of carbonyl (C=O) groups excluding carboxylic acids is 1. The Kier molecular flexibility index (Phi) is 8.12. The fourth-order valence-corrected chi connectivity index (χ4v) is 5.09. The summed E-state index contributed by atoms with van der Waals surface area (Å²) in [6, 6.07) is 11.8. The number of thioether (sulfide) groups is 1. The zero-order chi connectivity index (χ0) is 24.8. The van der Waals surface area contributed by atoms with Crippen LogP contribution in [0.2, 0.25) is 0 Å². The minimum absolute atomic E-state index is 0.00203. The van der Waals surface area contributed by atoms with Crippen LogP contribution in [0.3, 0.4) is 0 Å². The summed E-state index contributed by atoms with van der Waals surface area (Å²) in [5.74, 6) is 7.81. The fourth-order valence-electron chi connectivity index (χ4n) is 4.35. The van der Waals surface area contributed by atoms with Gasteiger partial charge in [0, 0.05) is 18.7 Å². The Hall–Kier alpha value is -3.27. The molecule has 0 atom stereocenters. The second-order valence-electron chi connectivity index (χ2n) is 8.47. The molecule has 0 aliphatic heterocycles. The second kappa shape index (κ2) is 11.4. The van der Waals surface area contributed by atoms with Crippen molar-refractivity contribution in [2.24, 2.45) is 0 Å². The first kappa shape index (κ1) is 24.8. The van der Waals surface area contributed by atoms with E-state index in [-0.39, 0.29) is 23.5 Å². The molecule has 1 fully saturated rings. The summed E-state index contributed by atoms with van der Waals surface area (Å²) in [6.45, 7) is 0.452. The molecule has 2 N–H and O–H groups in total. The van der Waals surface area contributed by atoms with Crippen LogP contribution in [0.5, 0.6) is 11.5 Å². The molecule has 35 heavy (non-hydrogen) atoms. The molecule has 1 heterocycles. The van der Waals surface area contributed by atoms with Crippen molar-refractivity contribution in [2.45, 2.75) is 49.8 Å². The van der Waals surface area contributed by atoms with Crippen LogP contribution in [0.15, 0.2) is 47.6 Å². The van der Waals surface area contributed by atoms with Crippen LogP contribution in [0.25, 0.3) is 11.4 Å². The van der Waals surface area contributed by atoms with E-state index in [1.165, 1.54) is 35.0 Å². The number of hydrogen-bond donors (Lipinski definition) is 1. The quantitative estimate of drug-likeness (QED) is 0.347. The molecule has 1 aromatic heterocycles. The van der Waals surface area contributed by atoms with Gasteiger partial charge in [-0.25, -0.2) is 9.07 Å². The second-order valence-corrected chi connectivity index (χ2v) is 9.41. The first-order valence-corrected chi connectivity index (χ1v) is 12.6. The number of aromatic nitrogens is 3. The molecule has 2 aromatic carbocycles. The van der Waals surface area contributed by atoms with Crippen molar-refractivity contribution in [3.8, 4) is 22.9 Å². The van der Waals surface area contributed by atoms with Crippen molar-refractivity contribution in [1.82, 2.24) is 19.8 Å². The zero-order valence-corrected chi connectivity index (χ0v) is 20.8. The predicted molar refractivity (Wildman–Crippen MR) is 133 cm³/mol. The van der Waals surface area contributed by atoms with Crippen LogP contribution >= 0.6 is 11.8 Å². The molecular formula is C25H30FN5O3S. The molecule has 0 radical (unpaired) electrons. The molecule has 1 amide bonds. The molecule has 0 spiro atoms. The van der Waals surface area contributed by atoms with Crippen LogP contribution < -0.4 is 15.3 Å². The molecule has 1 aliphatic rings. The summed E-state index contributed by atoms with van der Waals surface area (Å²) in [5.41, 5.74) is 1.58. The van der Waals surface area contributed by atoms with Crippen LogP contribution in [0, 0.1) is 5.82 Å². The molecule has 0 unspecified atom stereocenters. The predicted octanol–water partition coefficient (Wildman–Crippen LogP) is 4.27. The number of amides is 1. The molecule has 10 heteroatoms. The van der Waals surface area contributed by atoms with E-state index in [4.69, 9.17) is 15.3 Å². The maximum absolute atomic E-state index is 13.4. The van der Waals surface area contributed by atoms with E-state index < -0.39 is 0 Å². The Bertz CT molecular complexity index is 1150. The van der Waals surface area contributed by atoms with Crippen molar-refractivity contribution in [3.63, 3.8) is 0 Å². The number of rotatable bonds is 9. The molecule has 186 valence electrons. The SMILES string of the molecule is COc1ccc(-c2nnc(SCC(=O)N(Cc3ccc(F)cc3)C3CCCCC3)n2N)c(OC)c1. The van der Waals surface area contributed by atoms with E-state index in [0.29, 0.717) is 34.6 Å². The number of ether oxygens (including phenoxy) is 2. The lowest BCUT2D eigenvalue weighted by molar-refractivity contribution is -0.132. The van der Waals surface area contributed by atoms with Gasteiger partial charge in [-0.2, -0.15) is 0 Å². The van der Waals surface area contributed by atoms with Gasteiger partial charge in [0.1, 0.15) is 17.3 Å². The molecule has 3 aromatic rings. The van der Waals surface area contributed by atoms with Crippen molar-refractivity contribution in [2.75, 3.05) is 25.8 Å². The molecule has 0 bridgehead atoms. The van der Waals surface area contributed by atoms with Crippen LogP contribution in [0.1, 0.15) is 37.7 Å². The highest BCUT2D eigenvalue weighted by molar-refractivity contribution is 7.99. The number of nitrogens with zero attached hydrogens (tertiary/aromatic N) is 4. The summed E-state index contributed by atoms with van der Waals surface area (Å²) in [5, 5.41) is 8.85. The largest absolute Gasteiger partial charge is 0.497 e. The Balaban J connectivity index is 1.49. The van der Waals surface area contributed by atoms with Gasteiger partial charge >= 0.3 is 0 Å². The number of halogens is 1. The highest BCUT2D eigenvalue weighted by Crippen LogP contribution is 2.33. The first-order chi connectivity index (χ1) is 17.0. The summed E-state index contributed by atoms with van der Waals surface area (Å²) in [4.78, 5) is 15.3. The number of nitrogens with two attached hydrogens (primary N) is 1. The van der Waals surface area contributed by atoms with Gasteiger partial charge in [-0.05, 0) is 42.7 Å². The molecular weight excluding hydrogens is 469 g/mol. The topological polar surface area (TPSA) is 95.5 Å². The van der Waals surface area contributed by atoms with Crippen molar-refractivity contribution < 1.29 is 18.7 Å². The Morgan fingerprint density at radius 1 is 1.11 bits per heavy atom. The highest BCUT2D eigenvalue weighted by Gasteiger charge is 2.26. The molecule has 4 rings (SSSR count). The summed E-state index contributed by atoms with van der Waals surface area (Å²) in [7, 11) is 3.14. The molecule has 1 aliphatic carbocycles. The summed E-state index contributed by atoms with van der Waals surface area (Å²) < 4.78 is 25.4. The van der Waals surface area contributed by atoms with Crippen molar-refractivity contribution >= 4 is 17.7 Å². The van der Waals surface area contributed by atoms with E-state index in [1.54, 1.807) is 44.6 Å². The minimum Gasteiger partial charge on any atom is -0.497 e. The Labute approximate surface area is 208 Å². The molecule has 0 saturated heterocycles. The summed E-state index contributed by atoms with van der Waals surface area (Å²) in [6.07, 6.45) is 5.36. The highest BCUT2D eigenvalue weighted by atomic mass is 32.2. The Morgan fingerprint density at radius 2 is 1.86 bits per heavy atom. The van der Waals surface area contributed by atoms with Gasteiger partial charge < -0.3 is 20.2 Å². The summed E-state index contributed by atoms with van der Waals surface area (Å²) >= 11 is 1.24. The maximum Gasteiger partial charge on any atom is 0.233 e. The average Bonchev–Trinajstić information content (AvgIpc) is 3.26. The smallest absolute Gasteiger partial charge is 0.233 e.